The molecule has 5 heteroatoms. The quantitative estimate of drug-likeness (QED) is 0.607. The van der Waals surface area contributed by atoms with Crippen LogP contribution in [0.15, 0.2) is 24.3 Å². The van der Waals surface area contributed by atoms with E-state index in [2.05, 4.69) is 5.92 Å². The van der Waals surface area contributed by atoms with E-state index in [0.29, 0.717) is 5.02 Å². The molecule has 1 unspecified atom stereocenters. The van der Waals surface area contributed by atoms with Crippen molar-refractivity contribution in [2.75, 3.05) is 6.61 Å². The Labute approximate surface area is 98.8 Å². The van der Waals surface area contributed by atoms with Gasteiger partial charge in [0.2, 0.25) is 0 Å². The normalized spacial score (nSPS) is 14.2. The molecule has 0 saturated heterocycles. The van der Waals surface area contributed by atoms with E-state index < -0.39 is 6.72 Å². The Bertz CT molecular complexity index is 408. The van der Waals surface area contributed by atoms with Crippen LogP contribution in [0.25, 0.3) is 0 Å². The first-order valence-electron chi connectivity index (χ1n) is 4.15. The molecule has 1 aromatic carbocycles. The van der Waals surface area contributed by atoms with Crippen LogP contribution in [0.3, 0.4) is 0 Å². The second-order valence-electron chi connectivity index (χ2n) is 2.85. The molecule has 0 spiro atoms. The summed E-state index contributed by atoms with van der Waals surface area (Å²) in [6, 6.07) is 6.90. The van der Waals surface area contributed by atoms with Gasteiger partial charge in [0.1, 0.15) is 6.61 Å². The minimum absolute atomic E-state index is 0.0473. The fourth-order valence-electron chi connectivity index (χ4n) is 0.987. The van der Waals surface area contributed by atoms with Gasteiger partial charge < -0.3 is 4.52 Å². The maximum Gasteiger partial charge on any atom is 0.295 e. The van der Waals surface area contributed by atoms with E-state index in [4.69, 9.17) is 33.8 Å². The van der Waals surface area contributed by atoms with E-state index in [0.717, 1.165) is 5.56 Å². The molecule has 0 heterocycles. The minimum atomic E-state index is -3.16. The van der Waals surface area contributed by atoms with Gasteiger partial charge in [-0.25, -0.2) is 0 Å². The van der Waals surface area contributed by atoms with Crippen molar-refractivity contribution in [3.8, 4) is 12.3 Å². The average molecular weight is 263 g/mol. The third kappa shape index (κ3) is 4.73. The minimum Gasteiger partial charge on any atom is -0.304 e. The lowest BCUT2D eigenvalue weighted by Gasteiger charge is -2.09. The molecule has 0 aliphatic rings. The van der Waals surface area contributed by atoms with Crippen LogP contribution in [0.2, 0.25) is 5.02 Å². The van der Waals surface area contributed by atoms with Gasteiger partial charge in [0.25, 0.3) is 6.72 Å². The Hall–Kier alpha value is -0.450. The van der Waals surface area contributed by atoms with Gasteiger partial charge in [-0.2, -0.15) is 0 Å². The molecule has 0 bridgehead atoms. The highest BCUT2D eigenvalue weighted by Gasteiger charge is 2.19. The number of terminal acetylenes is 1. The topological polar surface area (TPSA) is 26.3 Å². The van der Waals surface area contributed by atoms with E-state index in [9.17, 15) is 4.57 Å². The van der Waals surface area contributed by atoms with Crippen molar-refractivity contribution in [2.24, 2.45) is 0 Å². The Morgan fingerprint density at radius 3 is 2.53 bits per heavy atom. The highest BCUT2D eigenvalue weighted by atomic mass is 35.7. The van der Waals surface area contributed by atoms with Crippen molar-refractivity contribution in [2.45, 2.75) is 6.16 Å². The molecule has 0 fully saturated rings. The van der Waals surface area contributed by atoms with Crippen LogP contribution in [0.5, 0.6) is 0 Å². The molecule has 1 aromatic rings. The molecule has 0 amide bonds. The first kappa shape index (κ1) is 12.6. The van der Waals surface area contributed by atoms with Gasteiger partial charge in [0.15, 0.2) is 0 Å². The number of hydrogen-bond acceptors (Lipinski definition) is 2. The Balaban J connectivity index is 2.65. The van der Waals surface area contributed by atoms with Crippen LogP contribution in [0.1, 0.15) is 5.56 Å². The smallest absolute Gasteiger partial charge is 0.295 e. The van der Waals surface area contributed by atoms with E-state index in [1.165, 1.54) is 0 Å². The summed E-state index contributed by atoms with van der Waals surface area (Å²) < 4.78 is 16.5. The number of benzene rings is 1. The van der Waals surface area contributed by atoms with Gasteiger partial charge in [0, 0.05) is 5.02 Å². The number of hydrogen-bond donors (Lipinski definition) is 0. The summed E-state index contributed by atoms with van der Waals surface area (Å²) in [5.41, 5.74) is 0.801. The maximum atomic E-state index is 11.6. The zero-order chi connectivity index (χ0) is 11.3. The molecule has 80 valence electrons. The molecule has 15 heavy (non-hydrogen) atoms. The molecule has 0 aliphatic heterocycles. The Morgan fingerprint density at radius 1 is 1.40 bits per heavy atom. The molecule has 0 radical (unpaired) electrons. The summed E-state index contributed by atoms with van der Waals surface area (Å²) in [6.07, 6.45) is 5.12. The molecule has 0 aliphatic carbocycles. The second kappa shape index (κ2) is 5.58. The van der Waals surface area contributed by atoms with Crippen LogP contribution in [-0.2, 0) is 15.3 Å². The predicted molar refractivity (Wildman–Crippen MR) is 63.4 cm³/mol. The molecule has 1 atom stereocenters. The van der Waals surface area contributed by atoms with Crippen molar-refractivity contribution in [1.82, 2.24) is 0 Å². The number of halogens is 2. The van der Waals surface area contributed by atoms with Crippen LogP contribution >= 0.6 is 29.6 Å². The van der Waals surface area contributed by atoms with Crippen molar-refractivity contribution in [3.05, 3.63) is 34.9 Å². The molecular weight excluding hydrogens is 254 g/mol. The third-order valence-corrected chi connectivity index (χ3v) is 3.79. The second-order valence-corrected chi connectivity index (χ2v) is 6.59. The highest BCUT2D eigenvalue weighted by Crippen LogP contribution is 2.55. The lowest BCUT2D eigenvalue weighted by atomic mass is 10.2. The van der Waals surface area contributed by atoms with Gasteiger partial charge >= 0.3 is 0 Å². The summed E-state index contributed by atoms with van der Waals surface area (Å²) in [7, 11) is 0. The van der Waals surface area contributed by atoms with Crippen LogP contribution in [-0.4, -0.2) is 6.61 Å². The largest absolute Gasteiger partial charge is 0.304 e. The zero-order valence-corrected chi connectivity index (χ0v) is 10.2. The van der Waals surface area contributed by atoms with Crippen LogP contribution < -0.4 is 0 Å². The predicted octanol–water partition coefficient (Wildman–Crippen LogP) is 3.92. The van der Waals surface area contributed by atoms with Crippen molar-refractivity contribution in [3.63, 3.8) is 0 Å². The molecule has 0 aromatic heterocycles. The van der Waals surface area contributed by atoms with E-state index in [-0.39, 0.29) is 12.8 Å². The lowest BCUT2D eigenvalue weighted by Crippen LogP contribution is -1.90. The molecular formula is C10H9Cl2O2P. The fraction of sp³-hybridized carbons (Fsp3) is 0.200. The van der Waals surface area contributed by atoms with Crippen LogP contribution in [0, 0.1) is 12.3 Å². The first-order chi connectivity index (χ1) is 7.03. The van der Waals surface area contributed by atoms with Gasteiger partial charge in [-0.05, 0) is 28.9 Å². The molecule has 0 saturated carbocycles. The average Bonchev–Trinajstić information content (AvgIpc) is 2.18. The van der Waals surface area contributed by atoms with Crippen molar-refractivity contribution in [1.29, 1.82) is 0 Å². The Kier molecular flexibility index (Phi) is 4.70. The van der Waals surface area contributed by atoms with E-state index in [1.54, 1.807) is 24.3 Å². The summed E-state index contributed by atoms with van der Waals surface area (Å²) in [5, 5.41) is 0.618. The van der Waals surface area contributed by atoms with Gasteiger partial charge in [-0.15, -0.1) is 6.42 Å². The van der Waals surface area contributed by atoms with Gasteiger partial charge in [0.05, 0.1) is 6.16 Å². The Morgan fingerprint density at radius 2 is 2.00 bits per heavy atom. The number of rotatable bonds is 4. The van der Waals surface area contributed by atoms with Crippen molar-refractivity contribution >= 4 is 29.6 Å². The van der Waals surface area contributed by atoms with Crippen molar-refractivity contribution < 1.29 is 9.09 Å². The van der Waals surface area contributed by atoms with E-state index >= 15 is 0 Å². The highest BCUT2D eigenvalue weighted by molar-refractivity contribution is 7.84. The molecule has 0 N–H and O–H groups in total. The summed E-state index contributed by atoms with van der Waals surface area (Å²) in [5.74, 6) is 2.22. The van der Waals surface area contributed by atoms with Gasteiger partial charge in [-0.3, -0.25) is 4.57 Å². The lowest BCUT2D eigenvalue weighted by molar-refractivity contribution is 0.371. The van der Waals surface area contributed by atoms with Crippen LogP contribution in [0.4, 0.5) is 0 Å². The fourth-order valence-corrected chi connectivity index (χ4v) is 2.68. The first-order valence-corrected chi connectivity index (χ1v) is 7.24. The van der Waals surface area contributed by atoms with Gasteiger partial charge in [-0.1, -0.05) is 29.7 Å². The third-order valence-electron chi connectivity index (χ3n) is 1.63. The van der Waals surface area contributed by atoms with E-state index in [1.807, 2.05) is 0 Å². The maximum absolute atomic E-state index is 11.6. The summed E-state index contributed by atoms with van der Waals surface area (Å²) in [4.78, 5) is 0. The standard InChI is InChI=1S/C10H9Cl2O2P/c1-2-7-14-15(12,13)8-9-3-5-10(11)6-4-9/h1,3-6H,7-8H2. The monoisotopic (exact) mass is 262 g/mol. The summed E-state index contributed by atoms with van der Waals surface area (Å²) >= 11 is 11.4. The zero-order valence-electron chi connectivity index (χ0n) is 7.82. The summed E-state index contributed by atoms with van der Waals surface area (Å²) in [6.45, 7) is -3.21. The molecule has 2 nitrogen and oxygen atoms in total. The SMILES string of the molecule is C#CCOP(=O)(Cl)Cc1ccc(Cl)cc1. The molecule has 1 rings (SSSR count).